The Labute approximate surface area is 124 Å². The van der Waals surface area contributed by atoms with E-state index in [1.807, 2.05) is 20.8 Å². The molecule has 1 heterocycles. The van der Waals surface area contributed by atoms with Gasteiger partial charge in [-0.2, -0.15) is 0 Å². The van der Waals surface area contributed by atoms with Crippen LogP contribution in [0.5, 0.6) is 0 Å². The molecule has 1 rings (SSSR count). The van der Waals surface area contributed by atoms with Crippen molar-refractivity contribution in [1.29, 1.82) is 0 Å². The molecule has 1 aromatic heterocycles. The predicted octanol–water partition coefficient (Wildman–Crippen LogP) is 3.72. The lowest BCUT2D eigenvalue weighted by Crippen LogP contribution is -2.33. The maximum absolute atomic E-state index is 6.02. The second kappa shape index (κ2) is 4.89. The predicted molar refractivity (Wildman–Crippen MR) is 70.9 cm³/mol. The van der Waals surface area contributed by atoms with Gasteiger partial charge < -0.3 is 0 Å². The van der Waals surface area contributed by atoms with Gasteiger partial charge in [-0.05, 0) is 15.8 Å². The van der Waals surface area contributed by atoms with E-state index in [2.05, 4.69) is 15.5 Å². The van der Waals surface area contributed by atoms with Crippen LogP contribution in [0.25, 0.3) is 0 Å². The average molecular weight is 340 g/mol. The van der Waals surface area contributed by atoms with E-state index in [1.165, 1.54) is 4.68 Å². The van der Waals surface area contributed by atoms with Crippen LogP contribution < -0.4 is 0 Å². The van der Waals surface area contributed by atoms with Gasteiger partial charge >= 0.3 is 0 Å². The molecule has 0 aliphatic rings. The molecule has 17 heavy (non-hydrogen) atoms. The Morgan fingerprint density at radius 2 is 1.59 bits per heavy atom. The molecule has 0 radical (unpaired) electrons. The normalized spacial score (nSPS) is 14.1. The van der Waals surface area contributed by atoms with E-state index in [-0.39, 0.29) is 11.2 Å². The number of alkyl halides is 5. The molecule has 0 unspecified atom stereocenters. The number of halogens is 5. The fourth-order valence-corrected chi connectivity index (χ4v) is 1.64. The molecule has 0 fully saturated rings. The summed E-state index contributed by atoms with van der Waals surface area (Å²) in [5, 5.41) is 11.0. The van der Waals surface area contributed by atoms with Gasteiger partial charge in [-0.25, -0.2) is 4.68 Å². The largest absolute Gasteiger partial charge is 0.230 e. The molecule has 0 amide bonds. The summed E-state index contributed by atoms with van der Waals surface area (Å²) < 4.78 is -2.31. The Morgan fingerprint density at radius 3 is 2.00 bits per heavy atom. The Morgan fingerprint density at radius 1 is 1.06 bits per heavy atom. The molecule has 0 saturated carbocycles. The van der Waals surface area contributed by atoms with Crippen molar-refractivity contribution in [3.63, 3.8) is 0 Å². The van der Waals surface area contributed by atoms with E-state index in [4.69, 9.17) is 58.0 Å². The molecule has 1 aromatic rings. The minimum absolute atomic E-state index is 0.0679. The number of nitrogens with zero attached hydrogens (tertiary/aromatic N) is 4. The average Bonchev–Trinajstić information content (AvgIpc) is 2.46. The summed E-state index contributed by atoms with van der Waals surface area (Å²) in [6, 6.07) is 0. The summed E-state index contributed by atoms with van der Waals surface area (Å²) in [6.07, 6.45) is 0. The third kappa shape index (κ3) is 3.74. The van der Waals surface area contributed by atoms with Gasteiger partial charge in [-0.15, -0.1) is 5.10 Å². The van der Waals surface area contributed by atoms with Gasteiger partial charge in [0.15, 0.2) is 5.82 Å². The fourth-order valence-electron chi connectivity index (χ4n) is 1.11. The van der Waals surface area contributed by atoms with Crippen molar-refractivity contribution in [1.82, 2.24) is 20.2 Å². The number of hydrogen-bond acceptors (Lipinski definition) is 3. The topological polar surface area (TPSA) is 43.6 Å². The summed E-state index contributed by atoms with van der Waals surface area (Å²) in [5.74, 6) is 0.107. The summed E-state index contributed by atoms with van der Waals surface area (Å²) in [5.41, 5.74) is -0.0679. The standard InChI is InChI=1S/C8H11Cl5N4/c1-6(2,3)4-17-5(14-15-16-17)7(9,10)8(11,12)13/h4H2,1-3H3. The van der Waals surface area contributed by atoms with Gasteiger partial charge in [0.05, 0.1) is 0 Å². The van der Waals surface area contributed by atoms with E-state index < -0.39 is 8.13 Å². The summed E-state index contributed by atoms with van der Waals surface area (Å²) in [4.78, 5) is 0. The van der Waals surface area contributed by atoms with Crippen LogP contribution in [0.1, 0.15) is 26.6 Å². The zero-order chi connectivity index (χ0) is 13.5. The van der Waals surface area contributed by atoms with Gasteiger partial charge in [-0.1, -0.05) is 78.8 Å². The highest BCUT2D eigenvalue weighted by molar-refractivity contribution is 6.75. The van der Waals surface area contributed by atoms with E-state index in [0.29, 0.717) is 6.54 Å². The van der Waals surface area contributed by atoms with Crippen molar-refractivity contribution >= 4 is 58.0 Å². The Kier molecular flexibility index (Phi) is 4.48. The second-order valence-electron chi connectivity index (χ2n) is 4.79. The first-order chi connectivity index (χ1) is 7.45. The van der Waals surface area contributed by atoms with Crippen LogP contribution in [-0.2, 0) is 10.9 Å². The van der Waals surface area contributed by atoms with Crippen molar-refractivity contribution in [3.05, 3.63) is 5.82 Å². The van der Waals surface area contributed by atoms with Crippen LogP contribution in [0.2, 0.25) is 0 Å². The second-order valence-corrected chi connectivity index (χ2v) is 8.40. The van der Waals surface area contributed by atoms with E-state index in [0.717, 1.165) is 0 Å². The van der Waals surface area contributed by atoms with Crippen molar-refractivity contribution in [3.8, 4) is 0 Å². The van der Waals surface area contributed by atoms with E-state index in [9.17, 15) is 0 Å². The summed E-state index contributed by atoms with van der Waals surface area (Å²) in [6.45, 7) is 6.53. The quantitative estimate of drug-likeness (QED) is 0.771. The Bertz CT molecular complexity index is 389. The molecule has 0 N–H and O–H groups in total. The highest BCUT2D eigenvalue weighted by Gasteiger charge is 2.51. The zero-order valence-electron chi connectivity index (χ0n) is 9.39. The maximum atomic E-state index is 6.02. The van der Waals surface area contributed by atoms with Crippen molar-refractivity contribution in [2.24, 2.45) is 5.41 Å². The fraction of sp³-hybridized carbons (Fsp3) is 0.875. The number of tetrazole rings is 1. The third-order valence-electron chi connectivity index (χ3n) is 1.79. The molecule has 0 spiro atoms. The van der Waals surface area contributed by atoms with Crippen molar-refractivity contribution < 1.29 is 0 Å². The Balaban J connectivity index is 3.13. The first-order valence-corrected chi connectivity index (χ1v) is 6.55. The number of rotatable bonds is 2. The molecule has 4 nitrogen and oxygen atoms in total. The lowest BCUT2D eigenvalue weighted by molar-refractivity contribution is 0.313. The van der Waals surface area contributed by atoms with Gasteiger partial charge in [0.25, 0.3) is 0 Å². The van der Waals surface area contributed by atoms with Crippen LogP contribution >= 0.6 is 58.0 Å². The SMILES string of the molecule is CC(C)(C)Cn1nnnc1C(Cl)(Cl)C(Cl)(Cl)Cl. The number of hydrogen-bond donors (Lipinski definition) is 0. The highest BCUT2D eigenvalue weighted by Crippen LogP contribution is 2.52. The van der Waals surface area contributed by atoms with Crippen molar-refractivity contribution in [2.75, 3.05) is 0 Å². The lowest BCUT2D eigenvalue weighted by atomic mass is 9.97. The van der Waals surface area contributed by atoms with Crippen LogP contribution in [-0.4, -0.2) is 24.0 Å². The number of aromatic nitrogens is 4. The summed E-state index contributed by atoms with van der Waals surface area (Å²) in [7, 11) is 0. The molecule has 9 heteroatoms. The molecule has 0 aliphatic heterocycles. The van der Waals surface area contributed by atoms with Gasteiger partial charge in [-0.3, -0.25) is 0 Å². The molecule has 0 bridgehead atoms. The van der Waals surface area contributed by atoms with Gasteiger partial charge in [0.2, 0.25) is 8.13 Å². The van der Waals surface area contributed by atoms with Crippen LogP contribution in [0.15, 0.2) is 0 Å². The zero-order valence-corrected chi connectivity index (χ0v) is 13.2. The van der Waals surface area contributed by atoms with E-state index >= 15 is 0 Å². The molecule has 0 aliphatic carbocycles. The Hall–Kier alpha value is 0.520. The third-order valence-corrected chi connectivity index (χ3v) is 4.13. The smallest absolute Gasteiger partial charge is 0.226 e. The summed E-state index contributed by atoms with van der Waals surface area (Å²) >= 11 is 29.2. The highest BCUT2D eigenvalue weighted by atomic mass is 35.6. The molecule has 0 saturated heterocycles. The van der Waals surface area contributed by atoms with Gasteiger partial charge in [0.1, 0.15) is 0 Å². The molecule has 0 aromatic carbocycles. The molecular weight excluding hydrogens is 329 g/mol. The molecule has 98 valence electrons. The lowest BCUT2D eigenvalue weighted by Gasteiger charge is -2.27. The molecular formula is C8H11Cl5N4. The van der Waals surface area contributed by atoms with Crippen LogP contribution in [0.3, 0.4) is 0 Å². The minimum Gasteiger partial charge on any atom is -0.226 e. The molecule has 0 atom stereocenters. The monoisotopic (exact) mass is 338 g/mol. The minimum atomic E-state index is -1.93. The van der Waals surface area contributed by atoms with Gasteiger partial charge in [0, 0.05) is 6.54 Å². The first-order valence-electron chi connectivity index (χ1n) is 4.66. The van der Waals surface area contributed by atoms with Crippen LogP contribution in [0.4, 0.5) is 0 Å². The first kappa shape index (κ1) is 15.6. The van der Waals surface area contributed by atoms with E-state index in [1.54, 1.807) is 0 Å². The van der Waals surface area contributed by atoms with Crippen molar-refractivity contribution in [2.45, 2.75) is 35.4 Å². The maximum Gasteiger partial charge on any atom is 0.230 e. The van der Waals surface area contributed by atoms with Crippen LogP contribution in [0, 0.1) is 5.41 Å².